The standard InChI is InChI=1S/C23H19ClN2O2/c24-16-9-7-14(8-10-16)15-12-19-22(20(27)13-15)23(21-6-3-11-28-21)26-18-5-2-1-4-17(18)25-19/h1-11,15,23,25-26H,12-13H2/t15-,23+/m0/s1. The number of carbonyl (C=O) groups excluding carboxylic acids is 1. The van der Waals surface area contributed by atoms with E-state index in [0.29, 0.717) is 11.4 Å². The van der Waals surface area contributed by atoms with E-state index >= 15 is 0 Å². The van der Waals surface area contributed by atoms with Crippen molar-refractivity contribution in [1.29, 1.82) is 0 Å². The number of rotatable bonds is 2. The van der Waals surface area contributed by atoms with Crippen LogP contribution < -0.4 is 10.6 Å². The number of hydrogen-bond donors (Lipinski definition) is 2. The van der Waals surface area contributed by atoms with Crippen LogP contribution in [0.1, 0.15) is 36.1 Å². The summed E-state index contributed by atoms with van der Waals surface area (Å²) in [7, 11) is 0. The molecule has 3 aromatic rings. The Hall–Kier alpha value is -2.98. The van der Waals surface area contributed by atoms with Crippen LogP contribution in [0.3, 0.4) is 0 Å². The van der Waals surface area contributed by atoms with Crippen LogP contribution in [0.5, 0.6) is 0 Å². The van der Waals surface area contributed by atoms with Crippen molar-refractivity contribution in [2.45, 2.75) is 24.8 Å². The van der Waals surface area contributed by atoms with E-state index in [-0.39, 0.29) is 17.7 Å². The van der Waals surface area contributed by atoms with E-state index in [1.807, 2.05) is 60.7 Å². The van der Waals surface area contributed by atoms with Crippen LogP contribution in [-0.4, -0.2) is 5.78 Å². The molecular weight excluding hydrogens is 372 g/mol. The van der Waals surface area contributed by atoms with Crippen molar-refractivity contribution in [2.24, 2.45) is 0 Å². The van der Waals surface area contributed by atoms with Gasteiger partial charge in [-0.2, -0.15) is 0 Å². The van der Waals surface area contributed by atoms with Gasteiger partial charge in [-0.15, -0.1) is 0 Å². The second kappa shape index (κ2) is 6.88. The summed E-state index contributed by atoms with van der Waals surface area (Å²) in [6.07, 6.45) is 2.87. The smallest absolute Gasteiger partial charge is 0.163 e. The summed E-state index contributed by atoms with van der Waals surface area (Å²) in [4.78, 5) is 13.3. The fourth-order valence-corrected chi connectivity index (χ4v) is 4.26. The largest absolute Gasteiger partial charge is 0.467 e. The third-order valence-corrected chi connectivity index (χ3v) is 5.73. The van der Waals surface area contributed by atoms with Gasteiger partial charge in [0.25, 0.3) is 0 Å². The van der Waals surface area contributed by atoms with Gasteiger partial charge >= 0.3 is 0 Å². The van der Waals surface area contributed by atoms with Gasteiger partial charge in [0.05, 0.1) is 17.6 Å². The minimum Gasteiger partial charge on any atom is -0.467 e. The molecule has 0 saturated carbocycles. The molecule has 2 atom stereocenters. The summed E-state index contributed by atoms with van der Waals surface area (Å²) in [6.45, 7) is 0. The highest BCUT2D eigenvalue weighted by Crippen LogP contribution is 2.44. The first-order valence-corrected chi connectivity index (χ1v) is 9.74. The average Bonchev–Trinajstić information content (AvgIpc) is 3.17. The Morgan fingerprint density at radius 2 is 1.71 bits per heavy atom. The normalized spacial score (nSPS) is 21.2. The van der Waals surface area contributed by atoms with Crippen LogP contribution in [0.2, 0.25) is 5.02 Å². The monoisotopic (exact) mass is 390 g/mol. The lowest BCUT2D eigenvalue weighted by Crippen LogP contribution is -2.26. The summed E-state index contributed by atoms with van der Waals surface area (Å²) in [5.74, 6) is 0.998. The maximum Gasteiger partial charge on any atom is 0.163 e. The highest BCUT2D eigenvalue weighted by molar-refractivity contribution is 6.30. The highest BCUT2D eigenvalue weighted by Gasteiger charge is 2.37. The summed E-state index contributed by atoms with van der Waals surface area (Å²) in [6, 6.07) is 19.3. The summed E-state index contributed by atoms with van der Waals surface area (Å²) in [5.41, 5.74) is 4.76. The molecule has 0 spiro atoms. The molecule has 28 heavy (non-hydrogen) atoms. The number of halogens is 1. The number of Topliss-reactive ketones (excluding diaryl/α,β-unsaturated/α-hetero) is 1. The topological polar surface area (TPSA) is 54.3 Å². The molecule has 140 valence electrons. The van der Waals surface area contributed by atoms with Gasteiger partial charge in [-0.3, -0.25) is 4.79 Å². The van der Waals surface area contributed by atoms with Crippen LogP contribution in [0.25, 0.3) is 0 Å². The fraction of sp³-hybridized carbons (Fsp3) is 0.174. The zero-order valence-electron chi connectivity index (χ0n) is 15.1. The lowest BCUT2D eigenvalue weighted by Gasteiger charge is -2.29. The van der Waals surface area contributed by atoms with Gasteiger partial charge in [-0.25, -0.2) is 0 Å². The third-order valence-electron chi connectivity index (χ3n) is 5.48. The second-order valence-electron chi connectivity index (χ2n) is 7.24. The molecule has 0 unspecified atom stereocenters. The van der Waals surface area contributed by atoms with E-state index in [9.17, 15) is 4.79 Å². The second-order valence-corrected chi connectivity index (χ2v) is 7.67. The Kier molecular flexibility index (Phi) is 4.21. The van der Waals surface area contributed by atoms with Gasteiger partial charge in [0, 0.05) is 22.7 Å². The van der Waals surface area contributed by atoms with Gasteiger partial charge in [0.15, 0.2) is 5.78 Å². The van der Waals surface area contributed by atoms with Crippen LogP contribution in [0, 0.1) is 0 Å². The number of para-hydroxylation sites is 2. The number of nitrogens with one attached hydrogen (secondary N) is 2. The Morgan fingerprint density at radius 1 is 0.929 bits per heavy atom. The molecule has 5 rings (SSSR count). The highest BCUT2D eigenvalue weighted by atomic mass is 35.5. The molecule has 2 N–H and O–H groups in total. The zero-order chi connectivity index (χ0) is 19.1. The summed E-state index contributed by atoms with van der Waals surface area (Å²) >= 11 is 6.04. The van der Waals surface area contributed by atoms with E-state index < -0.39 is 0 Å². The van der Waals surface area contributed by atoms with E-state index in [0.717, 1.165) is 40.4 Å². The molecule has 0 bridgehead atoms. The van der Waals surface area contributed by atoms with Crippen molar-refractivity contribution in [3.63, 3.8) is 0 Å². The maximum absolute atomic E-state index is 13.3. The van der Waals surface area contributed by atoms with E-state index in [4.69, 9.17) is 16.0 Å². The molecule has 0 fully saturated rings. The molecule has 0 radical (unpaired) electrons. The Bertz CT molecular complexity index is 1050. The maximum atomic E-state index is 13.3. The van der Waals surface area contributed by atoms with Crippen molar-refractivity contribution in [1.82, 2.24) is 0 Å². The number of fused-ring (bicyclic) bond motifs is 1. The van der Waals surface area contributed by atoms with E-state index in [1.165, 1.54) is 0 Å². The Labute approximate surface area is 168 Å². The molecular formula is C23H19ClN2O2. The van der Waals surface area contributed by atoms with E-state index in [2.05, 4.69) is 10.6 Å². The van der Waals surface area contributed by atoms with Crippen molar-refractivity contribution in [3.8, 4) is 0 Å². The summed E-state index contributed by atoms with van der Waals surface area (Å²) in [5, 5.41) is 7.73. The first-order valence-electron chi connectivity index (χ1n) is 9.37. The minimum atomic E-state index is -0.306. The van der Waals surface area contributed by atoms with Crippen molar-refractivity contribution in [2.75, 3.05) is 10.6 Å². The third kappa shape index (κ3) is 3.00. The van der Waals surface area contributed by atoms with Gasteiger partial charge in [-0.1, -0.05) is 35.9 Å². The molecule has 0 amide bonds. The van der Waals surface area contributed by atoms with Crippen LogP contribution in [0.15, 0.2) is 82.6 Å². The average molecular weight is 391 g/mol. The molecule has 1 aliphatic heterocycles. The van der Waals surface area contributed by atoms with Crippen molar-refractivity contribution in [3.05, 3.63) is 94.5 Å². The van der Waals surface area contributed by atoms with Crippen LogP contribution in [0.4, 0.5) is 11.4 Å². The van der Waals surface area contributed by atoms with Crippen molar-refractivity contribution >= 4 is 28.8 Å². The molecule has 5 heteroatoms. The number of hydrogen-bond acceptors (Lipinski definition) is 4. The first kappa shape index (κ1) is 17.1. The molecule has 0 saturated heterocycles. The number of furan rings is 1. The minimum absolute atomic E-state index is 0.124. The number of benzene rings is 2. The first-order chi connectivity index (χ1) is 13.7. The van der Waals surface area contributed by atoms with Gasteiger partial charge < -0.3 is 15.1 Å². The lowest BCUT2D eigenvalue weighted by molar-refractivity contribution is -0.116. The lowest BCUT2D eigenvalue weighted by atomic mass is 9.79. The molecule has 4 nitrogen and oxygen atoms in total. The quantitative estimate of drug-likeness (QED) is 0.570. The Morgan fingerprint density at radius 3 is 2.46 bits per heavy atom. The van der Waals surface area contributed by atoms with Gasteiger partial charge in [0.1, 0.15) is 11.8 Å². The molecule has 2 aromatic carbocycles. The van der Waals surface area contributed by atoms with Crippen LogP contribution in [-0.2, 0) is 4.79 Å². The number of allylic oxidation sites excluding steroid dienone is 1. The fourth-order valence-electron chi connectivity index (χ4n) is 4.13. The SMILES string of the molecule is O=C1C[C@@H](c2ccc(Cl)cc2)CC2=C1[C@@H](c1ccco1)Nc1ccccc1N2. The number of anilines is 2. The van der Waals surface area contributed by atoms with Crippen LogP contribution >= 0.6 is 11.6 Å². The molecule has 2 heterocycles. The molecule has 2 aliphatic rings. The van der Waals surface area contributed by atoms with E-state index in [1.54, 1.807) is 6.26 Å². The van der Waals surface area contributed by atoms with Gasteiger partial charge in [-0.05, 0) is 54.3 Å². The Balaban J connectivity index is 1.59. The van der Waals surface area contributed by atoms with Crippen molar-refractivity contribution < 1.29 is 9.21 Å². The van der Waals surface area contributed by atoms with Gasteiger partial charge in [0.2, 0.25) is 0 Å². The predicted octanol–water partition coefficient (Wildman–Crippen LogP) is 5.91. The molecule has 1 aliphatic carbocycles. The zero-order valence-corrected chi connectivity index (χ0v) is 15.9. The number of ketones is 1. The number of carbonyl (C=O) groups is 1. The predicted molar refractivity (Wildman–Crippen MR) is 111 cm³/mol. The summed E-state index contributed by atoms with van der Waals surface area (Å²) < 4.78 is 5.67. The molecule has 1 aromatic heterocycles.